The van der Waals surface area contributed by atoms with Gasteiger partial charge in [0.15, 0.2) is 0 Å². The standard InChI is InChI=1S/C14H31N3O/c1-12(2)7-8-13(3)16-14(18)11-17(5)10-6-9-15-4/h12-13,15H,6-11H2,1-5H3,(H,16,18). The number of likely N-dealkylation sites (N-methyl/N-ethyl adjacent to an activating group) is 1. The summed E-state index contributed by atoms with van der Waals surface area (Å²) in [4.78, 5) is 13.8. The molecule has 0 spiro atoms. The summed E-state index contributed by atoms with van der Waals surface area (Å²) >= 11 is 0. The van der Waals surface area contributed by atoms with Gasteiger partial charge in [0.2, 0.25) is 5.91 Å². The Hall–Kier alpha value is -0.610. The van der Waals surface area contributed by atoms with Gasteiger partial charge in [-0.2, -0.15) is 0 Å². The fraction of sp³-hybridized carbons (Fsp3) is 0.929. The Bertz CT molecular complexity index is 219. The highest BCUT2D eigenvalue weighted by Gasteiger charge is 2.10. The molecule has 0 aromatic heterocycles. The quantitative estimate of drug-likeness (QED) is 0.583. The Balaban J connectivity index is 3.68. The molecule has 108 valence electrons. The van der Waals surface area contributed by atoms with Crippen LogP contribution in [0.3, 0.4) is 0 Å². The highest BCUT2D eigenvalue weighted by molar-refractivity contribution is 5.78. The zero-order valence-corrected chi connectivity index (χ0v) is 12.8. The second kappa shape index (κ2) is 10.3. The molecule has 2 N–H and O–H groups in total. The summed E-state index contributed by atoms with van der Waals surface area (Å²) in [5.41, 5.74) is 0. The van der Waals surface area contributed by atoms with Gasteiger partial charge in [-0.15, -0.1) is 0 Å². The summed E-state index contributed by atoms with van der Waals surface area (Å²) in [6.45, 7) is 8.95. The zero-order valence-electron chi connectivity index (χ0n) is 12.8. The van der Waals surface area contributed by atoms with Gasteiger partial charge in [0, 0.05) is 6.04 Å². The number of amides is 1. The second-order valence-electron chi connectivity index (χ2n) is 5.63. The first-order chi connectivity index (χ1) is 8.45. The lowest BCUT2D eigenvalue weighted by Gasteiger charge is -2.19. The molecule has 1 atom stereocenters. The van der Waals surface area contributed by atoms with Gasteiger partial charge in [-0.3, -0.25) is 9.69 Å². The molecule has 0 saturated carbocycles. The Morgan fingerprint density at radius 1 is 1.22 bits per heavy atom. The maximum absolute atomic E-state index is 11.8. The van der Waals surface area contributed by atoms with Gasteiger partial charge in [-0.1, -0.05) is 13.8 Å². The van der Waals surface area contributed by atoms with Gasteiger partial charge >= 0.3 is 0 Å². The number of nitrogens with one attached hydrogen (secondary N) is 2. The molecule has 0 radical (unpaired) electrons. The van der Waals surface area contributed by atoms with E-state index >= 15 is 0 Å². The fourth-order valence-corrected chi connectivity index (χ4v) is 1.83. The first kappa shape index (κ1) is 17.4. The van der Waals surface area contributed by atoms with Crippen LogP contribution in [0.2, 0.25) is 0 Å². The van der Waals surface area contributed by atoms with E-state index in [2.05, 4.69) is 36.3 Å². The number of carbonyl (C=O) groups is 1. The number of nitrogens with zero attached hydrogens (tertiary/aromatic N) is 1. The Labute approximate surface area is 113 Å². The number of rotatable bonds is 10. The molecule has 18 heavy (non-hydrogen) atoms. The molecule has 1 amide bonds. The number of hydrogen-bond donors (Lipinski definition) is 2. The minimum atomic E-state index is 0.137. The van der Waals surface area contributed by atoms with Crippen molar-refractivity contribution < 1.29 is 4.79 Å². The molecular formula is C14H31N3O. The van der Waals surface area contributed by atoms with Crippen LogP contribution in [0.25, 0.3) is 0 Å². The molecule has 0 aliphatic heterocycles. The summed E-state index contributed by atoms with van der Waals surface area (Å²) in [7, 11) is 3.94. The summed E-state index contributed by atoms with van der Waals surface area (Å²) < 4.78 is 0. The minimum absolute atomic E-state index is 0.137. The first-order valence-electron chi connectivity index (χ1n) is 7.08. The van der Waals surface area contributed by atoms with Crippen molar-refractivity contribution in [2.75, 3.05) is 33.7 Å². The van der Waals surface area contributed by atoms with Crippen LogP contribution in [-0.2, 0) is 4.79 Å². The normalized spacial score (nSPS) is 13.1. The summed E-state index contributed by atoms with van der Waals surface area (Å²) in [5, 5.41) is 6.17. The predicted octanol–water partition coefficient (Wildman–Crippen LogP) is 1.47. The molecular weight excluding hydrogens is 226 g/mol. The average Bonchev–Trinajstić information content (AvgIpc) is 2.26. The van der Waals surface area contributed by atoms with Crippen LogP contribution >= 0.6 is 0 Å². The lowest BCUT2D eigenvalue weighted by molar-refractivity contribution is -0.122. The Morgan fingerprint density at radius 2 is 1.89 bits per heavy atom. The average molecular weight is 257 g/mol. The van der Waals surface area contributed by atoms with E-state index in [4.69, 9.17) is 0 Å². The topological polar surface area (TPSA) is 44.4 Å². The fourth-order valence-electron chi connectivity index (χ4n) is 1.83. The summed E-state index contributed by atoms with van der Waals surface area (Å²) in [6.07, 6.45) is 3.30. The second-order valence-corrected chi connectivity index (χ2v) is 5.63. The van der Waals surface area contributed by atoms with Crippen LogP contribution in [0.15, 0.2) is 0 Å². The smallest absolute Gasteiger partial charge is 0.234 e. The van der Waals surface area contributed by atoms with Crippen molar-refractivity contribution in [2.24, 2.45) is 5.92 Å². The molecule has 0 heterocycles. The van der Waals surface area contributed by atoms with Gasteiger partial charge < -0.3 is 10.6 Å². The third-order valence-electron chi connectivity index (χ3n) is 2.96. The highest BCUT2D eigenvalue weighted by atomic mass is 16.2. The lowest BCUT2D eigenvalue weighted by atomic mass is 10.0. The van der Waals surface area contributed by atoms with Gasteiger partial charge in [0.05, 0.1) is 6.54 Å². The van der Waals surface area contributed by atoms with Crippen LogP contribution in [0.5, 0.6) is 0 Å². The van der Waals surface area contributed by atoms with Crippen LogP contribution in [0, 0.1) is 5.92 Å². The van der Waals surface area contributed by atoms with Crippen LogP contribution < -0.4 is 10.6 Å². The molecule has 0 rings (SSSR count). The first-order valence-corrected chi connectivity index (χ1v) is 7.08. The summed E-state index contributed by atoms with van der Waals surface area (Å²) in [5.74, 6) is 0.840. The SMILES string of the molecule is CNCCCN(C)CC(=O)NC(C)CCC(C)C. The monoisotopic (exact) mass is 257 g/mol. The van der Waals surface area contributed by atoms with E-state index in [1.165, 1.54) is 6.42 Å². The lowest BCUT2D eigenvalue weighted by Crippen LogP contribution is -2.40. The zero-order chi connectivity index (χ0) is 14.0. The van der Waals surface area contributed by atoms with E-state index in [1.54, 1.807) is 0 Å². The number of hydrogen-bond acceptors (Lipinski definition) is 3. The Morgan fingerprint density at radius 3 is 2.44 bits per heavy atom. The minimum Gasteiger partial charge on any atom is -0.353 e. The van der Waals surface area contributed by atoms with E-state index in [9.17, 15) is 4.79 Å². The van der Waals surface area contributed by atoms with E-state index in [-0.39, 0.29) is 11.9 Å². The van der Waals surface area contributed by atoms with Crippen molar-refractivity contribution in [3.8, 4) is 0 Å². The molecule has 0 bridgehead atoms. The van der Waals surface area contributed by atoms with Gasteiger partial charge in [-0.25, -0.2) is 0 Å². The highest BCUT2D eigenvalue weighted by Crippen LogP contribution is 2.06. The molecule has 1 unspecified atom stereocenters. The van der Waals surface area contributed by atoms with E-state index in [1.807, 2.05) is 14.1 Å². The van der Waals surface area contributed by atoms with Crippen LogP contribution in [-0.4, -0.2) is 50.6 Å². The van der Waals surface area contributed by atoms with Gasteiger partial charge in [0.25, 0.3) is 0 Å². The van der Waals surface area contributed by atoms with Gasteiger partial charge in [-0.05, 0) is 59.3 Å². The third-order valence-corrected chi connectivity index (χ3v) is 2.96. The van der Waals surface area contributed by atoms with E-state index in [0.717, 1.165) is 25.9 Å². The molecule has 4 nitrogen and oxygen atoms in total. The molecule has 0 aliphatic carbocycles. The molecule has 4 heteroatoms. The molecule has 0 fully saturated rings. The number of carbonyl (C=O) groups excluding carboxylic acids is 1. The Kier molecular flexibility index (Phi) is 9.98. The maximum Gasteiger partial charge on any atom is 0.234 e. The molecule has 0 saturated heterocycles. The maximum atomic E-state index is 11.8. The van der Waals surface area contributed by atoms with E-state index < -0.39 is 0 Å². The largest absolute Gasteiger partial charge is 0.353 e. The van der Waals surface area contributed by atoms with Crippen molar-refractivity contribution in [1.82, 2.24) is 15.5 Å². The van der Waals surface area contributed by atoms with Crippen LogP contribution in [0.1, 0.15) is 40.0 Å². The van der Waals surface area contributed by atoms with Crippen LogP contribution in [0.4, 0.5) is 0 Å². The summed E-state index contributed by atoms with van der Waals surface area (Å²) in [6, 6.07) is 0.283. The van der Waals surface area contributed by atoms with Crippen molar-refractivity contribution >= 4 is 5.91 Å². The van der Waals surface area contributed by atoms with Crippen molar-refractivity contribution in [2.45, 2.75) is 46.1 Å². The van der Waals surface area contributed by atoms with Crippen molar-refractivity contribution in [1.29, 1.82) is 0 Å². The van der Waals surface area contributed by atoms with Crippen molar-refractivity contribution in [3.05, 3.63) is 0 Å². The third kappa shape index (κ3) is 10.5. The molecule has 0 aromatic carbocycles. The van der Waals surface area contributed by atoms with Gasteiger partial charge in [0.1, 0.15) is 0 Å². The van der Waals surface area contributed by atoms with Crippen molar-refractivity contribution in [3.63, 3.8) is 0 Å². The molecule has 0 aromatic rings. The predicted molar refractivity (Wildman–Crippen MR) is 77.7 cm³/mol. The van der Waals surface area contributed by atoms with E-state index in [0.29, 0.717) is 12.5 Å². The molecule has 0 aliphatic rings.